The van der Waals surface area contributed by atoms with Gasteiger partial charge < -0.3 is 5.11 Å². The van der Waals surface area contributed by atoms with E-state index in [-0.39, 0.29) is 5.56 Å². The number of aromatic hydroxyl groups is 1. The van der Waals surface area contributed by atoms with Crippen molar-refractivity contribution in [3.05, 3.63) is 73.5 Å². The molecule has 1 aromatic heterocycles. The largest absolute Gasteiger partial charge is 0.494 e. The lowest BCUT2D eigenvalue weighted by Gasteiger charge is -2.10. The number of nitrogens with one attached hydrogen (secondary N) is 1. The Morgan fingerprint density at radius 2 is 2.14 bits per heavy atom. The number of allylic oxidation sites excluding steroid dienone is 2. The van der Waals surface area contributed by atoms with Crippen molar-refractivity contribution >= 4 is 23.9 Å². The van der Waals surface area contributed by atoms with Gasteiger partial charge in [-0.05, 0) is 36.4 Å². The van der Waals surface area contributed by atoms with E-state index in [1.807, 2.05) is 0 Å². The summed E-state index contributed by atoms with van der Waals surface area (Å²) in [5, 5.41) is 10.7. The summed E-state index contributed by atoms with van der Waals surface area (Å²) in [6.07, 6.45) is 6.33. The molecule has 2 heterocycles. The van der Waals surface area contributed by atoms with Crippen molar-refractivity contribution in [2.45, 2.75) is 0 Å². The van der Waals surface area contributed by atoms with Crippen molar-refractivity contribution in [3.8, 4) is 11.6 Å². The average molecular weight is 316 g/mol. The summed E-state index contributed by atoms with van der Waals surface area (Å²) >= 11 is 5.90. The van der Waals surface area contributed by atoms with Gasteiger partial charge in [0.25, 0.3) is 5.56 Å². The predicted molar refractivity (Wildman–Crippen MR) is 84.9 cm³/mol. The number of rotatable bonds is 2. The molecule has 2 N–H and O–H groups in total. The Morgan fingerprint density at radius 1 is 1.32 bits per heavy atom. The van der Waals surface area contributed by atoms with Crippen LogP contribution in [0.4, 0.5) is 0 Å². The summed E-state index contributed by atoms with van der Waals surface area (Å²) in [7, 11) is 0. The second-order valence-electron chi connectivity index (χ2n) is 4.52. The van der Waals surface area contributed by atoms with Crippen LogP contribution in [0.15, 0.2) is 56.7 Å². The number of H-pyrrole nitrogens is 1. The Labute approximate surface area is 129 Å². The predicted octanol–water partition coefficient (Wildman–Crippen LogP) is 1.87. The molecule has 6 nitrogen and oxygen atoms in total. The molecular weight excluding hydrogens is 306 g/mol. The van der Waals surface area contributed by atoms with Crippen LogP contribution in [0.25, 0.3) is 11.8 Å². The zero-order valence-corrected chi connectivity index (χ0v) is 11.9. The normalized spacial score (nSPS) is 14.9. The first-order valence-corrected chi connectivity index (χ1v) is 6.71. The Balaban J connectivity index is 2.26. The van der Waals surface area contributed by atoms with Crippen molar-refractivity contribution in [3.63, 3.8) is 0 Å². The Morgan fingerprint density at radius 3 is 2.82 bits per heavy atom. The molecule has 1 aliphatic rings. The number of halogens is 1. The third kappa shape index (κ3) is 2.51. The molecule has 2 aromatic rings. The molecule has 0 spiro atoms. The van der Waals surface area contributed by atoms with Crippen molar-refractivity contribution < 1.29 is 5.11 Å². The van der Waals surface area contributed by atoms with Gasteiger partial charge in [0.2, 0.25) is 5.88 Å². The molecule has 0 unspecified atom stereocenters. The molecule has 110 valence electrons. The summed E-state index contributed by atoms with van der Waals surface area (Å²) in [6.45, 7) is 0. The van der Waals surface area contributed by atoms with E-state index < -0.39 is 17.1 Å². The van der Waals surface area contributed by atoms with E-state index in [0.29, 0.717) is 16.4 Å². The summed E-state index contributed by atoms with van der Waals surface area (Å²) in [5.74, 6) is -0.473. The molecule has 1 aromatic carbocycles. The second kappa shape index (κ2) is 5.50. The van der Waals surface area contributed by atoms with Crippen LogP contribution in [0.1, 0.15) is 5.56 Å². The van der Waals surface area contributed by atoms with Gasteiger partial charge in [0, 0.05) is 11.2 Å². The first kappa shape index (κ1) is 14.1. The van der Waals surface area contributed by atoms with Gasteiger partial charge in [-0.1, -0.05) is 17.7 Å². The van der Waals surface area contributed by atoms with Gasteiger partial charge in [-0.15, -0.1) is 0 Å². The third-order valence-corrected chi connectivity index (χ3v) is 3.29. The molecule has 7 heteroatoms. The number of nitrogens with zero attached hydrogens (tertiary/aromatic N) is 2. The molecule has 0 bridgehead atoms. The van der Waals surface area contributed by atoms with Crippen LogP contribution in [-0.2, 0) is 0 Å². The number of aromatic amines is 1. The number of aromatic nitrogens is 2. The zero-order chi connectivity index (χ0) is 15.7. The summed E-state index contributed by atoms with van der Waals surface area (Å²) in [6, 6.07) is 6.37. The van der Waals surface area contributed by atoms with Crippen LogP contribution < -0.4 is 11.2 Å². The molecule has 0 saturated heterocycles. The van der Waals surface area contributed by atoms with Crippen LogP contribution in [0, 0.1) is 0 Å². The minimum atomic E-state index is -0.752. The lowest BCUT2D eigenvalue weighted by molar-refractivity contribution is 0.429. The van der Waals surface area contributed by atoms with E-state index >= 15 is 0 Å². The van der Waals surface area contributed by atoms with Gasteiger partial charge in [-0.3, -0.25) is 14.8 Å². The number of benzene rings is 1. The Kier molecular flexibility index (Phi) is 3.52. The van der Waals surface area contributed by atoms with Gasteiger partial charge in [0.05, 0.1) is 11.4 Å². The van der Waals surface area contributed by atoms with E-state index in [0.717, 1.165) is 4.57 Å². The maximum Gasteiger partial charge on any atom is 0.335 e. The minimum Gasteiger partial charge on any atom is -0.494 e. The average Bonchev–Trinajstić information content (AvgIpc) is 2.96. The summed E-state index contributed by atoms with van der Waals surface area (Å²) in [5.41, 5.74) is -0.659. The number of hydrogen-bond acceptors (Lipinski definition) is 4. The standard InChI is InChI=1S/C15H10ClN3O3/c16-9-3-1-5-11(7-9)19-14(21)12(13(20)18-15(19)22)8-10-4-2-6-17-10/h1-8,21H,(H,18,20,22). The topological polar surface area (TPSA) is 87.5 Å². The minimum absolute atomic E-state index is 0.0572. The van der Waals surface area contributed by atoms with Crippen molar-refractivity contribution in [2.75, 3.05) is 0 Å². The number of hydrogen-bond donors (Lipinski definition) is 2. The van der Waals surface area contributed by atoms with Crippen LogP contribution in [0.2, 0.25) is 5.02 Å². The molecule has 0 atom stereocenters. The van der Waals surface area contributed by atoms with Crippen LogP contribution in [0.5, 0.6) is 5.88 Å². The van der Waals surface area contributed by atoms with E-state index in [4.69, 9.17) is 11.6 Å². The van der Waals surface area contributed by atoms with Gasteiger partial charge in [-0.2, -0.15) is 0 Å². The molecule has 22 heavy (non-hydrogen) atoms. The first-order valence-electron chi connectivity index (χ1n) is 6.33. The highest BCUT2D eigenvalue weighted by molar-refractivity contribution is 6.30. The van der Waals surface area contributed by atoms with Crippen molar-refractivity contribution in [2.24, 2.45) is 4.99 Å². The van der Waals surface area contributed by atoms with E-state index in [9.17, 15) is 14.7 Å². The quantitative estimate of drug-likeness (QED) is 0.886. The zero-order valence-electron chi connectivity index (χ0n) is 11.2. The van der Waals surface area contributed by atoms with Gasteiger partial charge in [0.1, 0.15) is 5.56 Å². The van der Waals surface area contributed by atoms with Crippen molar-refractivity contribution in [1.82, 2.24) is 9.55 Å². The van der Waals surface area contributed by atoms with Crippen molar-refractivity contribution in [1.29, 1.82) is 0 Å². The third-order valence-electron chi connectivity index (χ3n) is 3.06. The smallest absolute Gasteiger partial charge is 0.335 e. The van der Waals surface area contributed by atoms with Crippen LogP contribution in [0.3, 0.4) is 0 Å². The van der Waals surface area contributed by atoms with Gasteiger partial charge in [-0.25, -0.2) is 9.36 Å². The molecule has 0 fully saturated rings. The maximum absolute atomic E-state index is 12.0. The molecule has 1 aliphatic heterocycles. The fraction of sp³-hybridized carbons (Fsp3) is 0. The molecular formula is C15H10ClN3O3. The summed E-state index contributed by atoms with van der Waals surface area (Å²) in [4.78, 5) is 30.1. The monoisotopic (exact) mass is 315 g/mol. The SMILES string of the molecule is O=c1[nH]c(=O)n(-c2cccc(Cl)c2)c(O)c1C=C1C=CC=N1. The maximum atomic E-state index is 12.0. The van der Waals surface area contributed by atoms with Gasteiger partial charge >= 0.3 is 5.69 Å². The molecule has 3 rings (SSSR count). The van der Waals surface area contributed by atoms with Gasteiger partial charge in [0.15, 0.2) is 0 Å². The molecule has 0 saturated carbocycles. The summed E-state index contributed by atoms with van der Waals surface area (Å²) < 4.78 is 0.974. The molecule has 0 amide bonds. The van der Waals surface area contributed by atoms with Crippen LogP contribution >= 0.6 is 11.6 Å². The molecule has 0 radical (unpaired) electrons. The number of aliphatic imine (C=N–C) groups is 1. The Hall–Kier alpha value is -2.86. The fourth-order valence-corrected chi connectivity index (χ4v) is 2.25. The van der Waals surface area contributed by atoms with E-state index in [2.05, 4.69) is 9.98 Å². The fourth-order valence-electron chi connectivity index (χ4n) is 2.07. The lowest BCUT2D eigenvalue weighted by atomic mass is 10.2. The lowest BCUT2D eigenvalue weighted by Crippen LogP contribution is -2.30. The highest BCUT2D eigenvalue weighted by atomic mass is 35.5. The molecule has 0 aliphatic carbocycles. The first-order chi connectivity index (χ1) is 10.6. The Bertz CT molecular complexity index is 937. The second-order valence-corrected chi connectivity index (χ2v) is 4.95. The van der Waals surface area contributed by atoms with Crippen LogP contribution in [-0.4, -0.2) is 20.9 Å². The highest BCUT2D eigenvalue weighted by Crippen LogP contribution is 2.21. The van der Waals surface area contributed by atoms with E-state index in [1.165, 1.54) is 12.1 Å². The van der Waals surface area contributed by atoms with E-state index in [1.54, 1.807) is 36.6 Å². The highest BCUT2D eigenvalue weighted by Gasteiger charge is 2.14.